The quantitative estimate of drug-likeness (QED) is 0.333. The fraction of sp³-hybridized carbons (Fsp3) is 0.120. The Balaban J connectivity index is 2.00. The highest BCUT2D eigenvalue weighted by atomic mass is 32.2. The van der Waals surface area contributed by atoms with Gasteiger partial charge in [-0.1, -0.05) is 30.3 Å². The summed E-state index contributed by atoms with van der Waals surface area (Å²) in [5.74, 6) is -1.69. The number of carbonyl (C=O) groups is 1. The maximum Gasteiger partial charge on any atom is 0.501 e. The second kappa shape index (κ2) is 10.6. The Hall–Kier alpha value is -4.17. The number of rotatable bonds is 7. The standard InChI is InChI=1S/C25H18F4N2O4S/c1-16-21(7-10-24(32)31-15-17-5-3-2-4-6-17)23(36(33,34)25(27,28)29)9-8-22(16)35-20-12-18(14-30)11-19(26)13-20/h2-13H,15H2,1H3,(H,31,32)/b10-7+. The van der Waals surface area contributed by atoms with Crippen molar-refractivity contribution in [3.8, 4) is 17.6 Å². The number of halogens is 4. The van der Waals surface area contributed by atoms with E-state index in [0.29, 0.717) is 6.07 Å². The summed E-state index contributed by atoms with van der Waals surface area (Å²) >= 11 is 0. The highest BCUT2D eigenvalue weighted by Crippen LogP contribution is 2.38. The summed E-state index contributed by atoms with van der Waals surface area (Å²) in [6.07, 6.45) is 1.84. The maximum atomic E-state index is 13.8. The minimum absolute atomic E-state index is 0.0600. The van der Waals surface area contributed by atoms with Crippen molar-refractivity contribution in [1.29, 1.82) is 5.26 Å². The molecule has 0 heterocycles. The fourth-order valence-corrected chi connectivity index (χ4v) is 4.18. The summed E-state index contributed by atoms with van der Waals surface area (Å²) in [7, 11) is -5.78. The van der Waals surface area contributed by atoms with Crippen molar-refractivity contribution in [2.24, 2.45) is 0 Å². The number of ether oxygens (including phenoxy) is 1. The van der Waals surface area contributed by atoms with Crippen LogP contribution in [0.4, 0.5) is 17.6 Å². The molecule has 1 amide bonds. The molecule has 0 atom stereocenters. The van der Waals surface area contributed by atoms with Gasteiger partial charge in [0, 0.05) is 29.8 Å². The molecule has 0 aliphatic rings. The summed E-state index contributed by atoms with van der Waals surface area (Å²) in [6, 6.07) is 15.4. The predicted octanol–water partition coefficient (Wildman–Crippen LogP) is 5.42. The summed E-state index contributed by atoms with van der Waals surface area (Å²) in [5.41, 5.74) is -5.37. The van der Waals surface area contributed by atoms with Gasteiger partial charge in [0.2, 0.25) is 5.91 Å². The van der Waals surface area contributed by atoms with Gasteiger partial charge in [-0.05, 0) is 42.8 Å². The number of nitriles is 1. The average molecular weight is 518 g/mol. The van der Waals surface area contributed by atoms with Crippen LogP contribution in [0.2, 0.25) is 0 Å². The molecule has 1 N–H and O–H groups in total. The first-order valence-corrected chi connectivity index (χ1v) is 11.7. The van der Waals surface area contributed by atoms with Crippen molar-refractivity contribution in [1.82, 2.24) is 5.32 Å². The zero-order chi connectivity index (χ0) is 26.5. The molecule has 36 heavy (non-hydrogen) atoms. The predicted molar refractivity (Wildman–Crippen MR) is 123 cm³/mol. The second-order valence-electron chi connectivity index (χ2n) is 7.48. The second-order valence-corrected chi connectivity index (χ2v) is 9.39. The van der Waals surface area contributed by atoms with Gasteiger partial charge >= 0.3 is 5.51 Å². The van der Waals surface area contributed by atoms with Crippen molar-refractivity contribution in [2.75, 3.05) is 0 Å². The number of nitrogens with one attached hydrogen (secondary N) is 1. The average Bonchev–Trinajstić information content (AvgIpc) is 2.82. The van der Waals surface area contributed by atoms with Gasteiger partial charge in [0.1, 0.15) is 17.3 Å². The molecule has 3 rings (SSSR count). The lowest BCUT2D eigenvalue weighted by atomic mass is 10.1. The van der Waals surface area contributed by atoms with Crippen molar-refractivity contribution < 1.29 is 35.5 Å². The molecule has 0 bridgehead atoms. The number of hydrogen-bond donors (Lipinski definition) is 1. The largest absolute Gasteiger partial charge is 0.501 e. The minimum Gasteiger partial charge on any atom is -0.457 e. The smallest absolute Gasteiger partial charge is 0.457 e. The van der Waals surface area contributed by atoms with E-state index < -0.39 is 37.5 Å². The molecule has 0 aliphatic heterocycles. The third-order valence-corrected chi connectivity index (χ3v) is 6.50. The topological polar surface area (TPSA) is 96.3 Å². The molecule has 186 valence electrons. The first kappa shape index (κ1) is 26.4. The maximum absolute atomic E-state index is 13.8. The van der Waals surface area contributed by atoms with Crippen LogP contribution in [-0.4, -0.2) is 19.8 Å². The van der Waals surface area contributed by atoms with Crippen molar-refractivity contribution in [3.63, 3.8) is 0 Å². The summed E-state index contributed by atoms with van der Waals surface area (Å²) in [5, 5.41) is 11.5. The highest BCUT2D eigenvalue weighted by molar-refractivity contribution is 7.92. The van der Waals surface area contributed by atoms with E-state index in [9.17, 15) is 30.8 Å². The molecular weight excluding hydrogens is 500 g/mol. The van der Waals surface area contributed by atoms with Gasteiger partial charge in [-0.15, -0.1) is 0 Å². The SMILES string of the molecule is Cc1c(Oc2cc(F)cc(C#N)c2)ccc(S(=O)(=O)C(F)(F)F)c1/C=C/C(=O)NCc1ccccc1. The molecule has 0 aromatic heterocycles. The van der Waals surface area contributed by atoms with Crippen LogP contribution in [0, 0.1) is 24.1 Å². The van der Waals surface area contributed by atoms with Crippen LogP contribution in [0.5, 0.6) is 11.5 Å². The van der Waals surface area contributed by atoms with Crippen LogP contribution in [0.25, 0.3) is 6.08 Å². The zero-order valence-corrected chi connectivity index (χ0v) is 19.5. The van der Waals surface area contributed by atoms with Crippen molar-refractivity contribution >= 4 is 21.8 Å². The van der Waals surface area contributed by atoms with E-state index in [1.807, 2.05) is 0 Å². The molecule has 6 nitrogen and oxygen atoms in total. The van der Waals surface area contributed by atoms with Gasteiger partial charge in [-0.25, -0.2) is 12.8 Å². The molecule has 0 spiro atoms. The number of sulfone groups is 1. The number of carbonyl (C=O) groups excluding carboxylic acids is 1. The van der Waals surface area contributed by atoms with E-state index in [1.165, 1.54) is 13.0 Å². The number of alkyl halides is 3. The van der Waals surface area contributed by atoms with Crippen LogP contribution in [0.1, 0.15) is 22.3 Å². The Morgan fingerprint density at radius 1 is 1.11 bits per heavy atom. The van der Waals surface area contributed by atoms with Crippen molar-refractivity contribution in [2.45, 2.75) is 23.9 Å². The van der Waals surface area contributed by atoms with E-state index in [2.05, 4.69) is 5.32 Å². The zero-order valence-electron chi connectivity index (χ0n) is 18.6. The van der Waals surface area contributed by atoms with Crippen LogP contribution in [-0.2, 0) is 21.2 Å². The number of amides is 1. The van der Waals surface area contributed by atoms with E-state index in [0.717, 1.165) is 35.9 Å². The third kappa shape index (κ3) is 6.09. The van der Waals surface area contributed by atoms with Gasteiger partial charge in [-0.3, -0.25) is 4.79 Å². The highest BCUT2D eigenvalue weighted by Gasteiger charge is 2.48. The molecule has 0 saturated carbocycles. The number of hydrogen-bond acceptors (Lipinski definition) is 5. The van der Waals surface area contributed by atoms with Gasteiger partial charge in [0.25, 0.3) is 9.84 Å². The van der Waals surface area contributed by atoms with E-state index >= 15 is 0 Å². The van der Waals surface area contributed by atoms with Crippen LogP contribution >= 0.6 is 0 Å². The van der Waals surface area contributed by atoms with Gasteiger partial charge in [-0.2, -0.15) is 18.4 Å². The van der Waals surface area contributed by atoms with Crippen LogP contribution < -0.4 is 10.1 Å². The molecule has 11 heteroatoms. The molecular formula is C25H18F4N2O4S. The fourth-order valence-electron chi connectivity index (χ4n) is 3.18. The minimum atomic E-state index is -5.78. The third-order valence-electron chi connectivity index (χ3n) is 4.96. The van der Waals surface area contributed by atoms with E-state index in [4.69, 9.17) is 10.00 Å². The molecule has 0 saturated heterocycles. The Labute approximate surface area is 204 Å². The van der Waals surface area contributed by atoms with E-state index in [1.54, 1.807) is 36.4 Å². The normalized spacial score (nSPS) is 11.8. The summed E-state index contributed by atoms with van der Waals surface area (Å²) in [4.78, 5) is 11.2. The molecule has 0 radical (unpaired) electrons. The van der Waals surface area contributed by atoms with Gasteiger partial charge in [0.05, 0.1) is 16.5 Å². The lowest BCUT2D eigenvalue weighted by molar-refractivity contribution is -0.116. The Morgan fingerprint density at radius 2 is 1.81 bits per heavy atom. The summed E-state index contributed by atoms with van der Waals surface area (Å²) < 4.78 is 83.6. The number of benzene rings is 3. The summed E-state index contributed by atoms with van der Waals surface area (Å²) in [6.45, 7) is 1.43. The Kier molecular flexibility index (Phi) is 7.80. The molecule has 0 aliphatic carbocycles. The van der Waals surface area contributed by atoms with Crippen LogP contribution in [0.3, 0.4) is 0 Å². The number of nitrogens with zero attached hydrogens (tertiary/aromatic N) is 1. The van der Waals surface area contributed by atoms with E-state index in [-0.39, 0.29) is 29.2 Å². The van der Waals surface area contributed by atoms with Crippen LogP contribution in [0.15, 0.2) is 71.6 Å². The van der Waals surface area contributed by atoms with Gasteiger partial charge < -0.3 is 10.1 Å². The first-order valence-electron chi connectivity index (χ1n) is 10.3. The monoisotopic (exact) mass is 518 g/mol. The Morgan fingerprint density at radius 3 is 2.44 bits per heavy atom. The van der Waals surface area contributed by atoms with Gasteiger partial charge in [0.15, 0.2) is 0 Å². The molecule has 0 unspecified atom stereocenters. The molecule has 3 aromatic rings. The first-order chi connectivity index (χ1) is 16.9. The molecule has 0 fully saturated rings. The molecule has 3 aromatic carbocycles. The lowest BCUT2D eigenvalue weighted by Gasteiger charge is -2.16. The van der Waals surface area contributed by atoms with Crippen molar-refractivity contribution in [3.05, 3.63) is 94.8 Å². The Bertz CT molecular complexity index is 1460. The lowest BCUT2D eigenvalue weighted by Crippen LogP contribution is -2.24.